The van der Waals surface area contributed by atoms with Crippen LogP contribution in [0.5, 0.6) is 0 Å². The van der Waals surface area contributed by atoms with Gasteiger partial charge < -0.3 is 16.4 Å². The molecule has 3 nitrogen and oxygen atoms in total. The van der Waals surface area contributed by atoms with Gasteiger partial charge >= 0.3 is 0 Å². The molecule has 0 aliphatic heterocycles. The zero-order valence-corrected chi connectivity index (χ0v) is 6.53. The molecule has 0 aromatic rings. The fourth-order valence-electron chi connectivity index (χ4n) is 0.151. The third-order valence-electron chi connectivity index (χ3n) is 1.15. The molecule has 4 heteroatoms. The molecule has 0 saturated carbocycles. The zero-order chi connectivity index (χ0) is 6.78. The van der Waals surface area contributed by atoms with Crippen LogP contribution in [0.25, 0.3) is 0 Å². The highest BCUT2D eigenvalue weighted by Gasteiger charge is 2.22. The summed E-state index contributed by atoms with van der Waals surface area (Å²) in [7, 11) is 0. The molecule has 1 atom stereocenters. The molecule has 0 aliphatic rings. The third-order valence-corrected chi connectivity index (χ3v) is 1.59. The van der Waals surface area contributed by atoms with Gasteiger partial charge in [-0.15, -0.1) is 0 Å². The summed E-state index contributed by atoms with van der Waals surface area (Å²) in [6.45, 7) is 3.23. The summed E-state index contributed by atoms with van der Waals surface area (Å²) >= 11 is 4.34. The number of hydrogen-bond donors (Lipinski definition) is 3. The minimum Gasteiger partial charge on any atom is -0.500 e. The van der Waals surface area contributed by atoms with E-state index in [2.05, 4.69) is 12.2 Å². The van der Waals surface area contributed by atoms with Gasteiger partial charge in [0.2, 0.25) is 0 Å². The van der Waals surface area contributed by atoms with Crippen LogP contribution < -0.4 is 6.15 Å². The predicted octanol–water partition coefficient (Wildman–Crippen LogP) is 1.19. The summed E-state index contributed by atoms with van der Waals surface area (Å²) in [5.74, 6) is 0. The molecule has 0 radical (unpaired) electrons. The van der Waals surface area contributed by atoms with Gasteiger partial charge in [-0.25, -0.2) is 0 Å². The number of aliphatic hydroxyl groups is 2. The Bertz CT molecular complexity index is 103. The maximum atomic E-state index is 9.01. The van der Waals surface area contributed by atoms with Crippen LogP contribution in [0.2, 0.25) is 0 Å². The molecule has 0 aromatic heterocycles. The van der Waals surface area contributed by atoms with Crippen molar-refractivity contribution in [3.63, 3.8) is 0 Å². The lowest BCUT2D eigenvalue weighted by atomic mass is 10.1. The van der Waals surface area contributed by atoms with Crippen molar-refractivity contribution in [2.75, 3.05) is 0 Å². The molecule has 0 aromatic carbocycles. The van der Waals surface area contributed by atoms with Crippen LogP contribution in [0, 0.1) is 0 Å². The van der Waals surface area contributed by atoms with Crippen molar-refractivity contribution in [3.05, 3.63) is 0 Å². The maximum Gasteiger partial charge on any atom is 0.188 e. The molecule has 0 heterocycles. The highest BCUT2D eigenvalue weighted by molar-refractivity contribution is 7.80. The Balaban J connectivity index is 0. The Kier molecular flexibility index (Phi) is 4.85. The van der Waals surface area contributed by atoms with Crippen molar-refractivity contribution in [3.8, 4) is 0 Å². The normalized spacial score (nSPS) is 15.4. The van der Waals surface area contributed by atoms with Gasteiger partial charge in [0.1, 0.15) is 5.60 Å². The second-order valence-corrected chi connectivity index (χ2v) is 2.32. The molecule has 0 saturated heterocycles. The van der Waals surface area contributed by atoms with E-state index in [1.807, 2.05) is 0 Å². The summed E-state index contributed by atoms with van der Waals surface area (Å²) < 4.78 is 0. The number of hydrogen-bond acceptors (Lipinski definition) is 3. The highest BCUT2D eigenvalue weighted by Crippen LogP contribution is 2.08. The number of thiocarbonyl (C=S) groups is 1. The lowest BCUT2D eigenvalue weighted by molar-refractivity contribution is 0.112. The van der Waals surface area contributed by atoms with Gasteiger partial charge in [-0.05, 0) is 25.6 Å². The molecule has 1 unspecified atom stereocenters. The predicted molar refractivity (Wildman–Crippen MR) is 41.2 cm³/mol. The van der Waals surface area contributed by atoms with Crippen LogP contribution in [0.15, 0.2) is 0 Å². The van der Waals surface area contributed by atoms with E-state index in [1.165, 1.54) is 6.92 Å². The second kappa shape index (κ2) is 3.76. The lowest BCUT2D eigenvalue weighted by Crippen LogP contribution is -2.32. The molecule has 0 amide bonds. The molecule has 0 fully saturated rings. The first kappa shape index (κ1) is 11.6. The van der Waals surface area contributed by atoms with E-state index in [-0.39, 0.29) is 11.2 Å². The van der Waals surface area contributed by atoms with Crippen LogP contribution >= 0.6 is 12.2 Å². The summed E-state index contributed by atoms with van der Waals surface area (Å²) in [4.78, 5) is 0. The van der Waals surface area contributed by atoms with Crippen LogP contribution in [0.3, 0.4) is 0 Å². The molecule has 0 rings (SSSR count). The van der Waals surface area contributed by atoms with E-state index in [0.29, 0.717) is 6.42 Å². The van der Waals surface area contributed by atoms with E-state index in [0.717, 1.165) is 0 Å². The molecular formula is C5H13NO2S. The van der Waals surface area contributed by atoms with Gasteiger partial charge in [0, 0.05) is 0 Å². The Hall–Kier alpha value is -0.190. The van der Waals surface area contributed by atoms with Crippen LogP contribution in [0.1, 0.15) is 20.3 Å². The fraction of sp³-hybridized carbons (Fsp3) is 0.800. The van der Waals surface area contributed by atoms with Gasteiger partial charge in [-0.3, -0.25) is 0 Å². The highest BCUT2D eigenvalue weighted by atomic mass is 32.1. The smallest absolute Gasteiger partial charge is 0.188 e. The Morgan fingerprint density at radius 3 is 2.00 bits per heavy atom. The van der Waals surface area contributed by atoms with E-state index in [1.54, 1.807) is 6.92 Å². The average molecular weight is 151 g/mol. The SMILES string of the molecule is CCC(C)(O)C(O)=S.N. The van der Waals surface area contributed by atoms with Crippen LogP contribution in [-0.4, -0.2) is 20.9 Å². The molecule has 0 bridgehead atoms. The molecule has 5 N–H and O–H groups in total. The minimum atomic E-state index is -1.17. The average Bonchev–Trinajstić information content (AvgIpc) is 1.67. The van der Waals surface area contributed by atoms with Crippen molar-refractivity contribution in [2.45, 2.75) is 25.9 Å². The molecule has 56 valence electrons. The Morgan fingerprint density at radius 2 is 2.00 bits per heavy atom. The minimum absolute atomic E-state index is 0. The fourth-order valence-corrected chi connectivity index (χ4v) is 0.296. The first-order chi connectivity index (χ1) is 3.50. The first-order valence-electron chi connectivity index (χ1n) is 2.46. The quantitative estimate of drug-likeness (QED) is 0.518. The Labute approximate surface area is 60.3 Å². The third kappa shape index (κ3) is 3.40. The van der Waals surface area contributed by atoms with Crippen LogP contribution in [-0.2, 0) is 0 Å². The first-order valence-corrected chi connectivity index (χ1v) is 2.87. The van der Waals surface area contributed by atoms with Gasteiger partial charge in [-0.2, -0.15) is 0 Å². The van der Waals surface area contributed by atoms with Crippen molar-refractivity contribution in [1.29, 1.82) is 0 Å². The standard InChI is InChI=1S/C5H10O2S.H3N/c1-3-5(2,7)4(6)8;/h7H,3H2,1-2H3,(H,6,8);1H3. The van der Waals surface area contributed by atoms with E-state index in [4.69, 9.17) is 10.2 Å². The number of rotatable bonds is 2. The van der Waals surface area contributed by atoms with Crippen molar-refractivity contribution >= 4 is 17.3 Å². The van der Waals surface area contributed by atoms with Crippen molar-refractivity contribution in [2.24, 2.45) is 0 Å². The van der Waals surface area contributed by atoms with Crippen molar-refractivity contribution < 1.29 is 10.2 Å². The second-order valence-electron chi connectivity index (χ2n) is 1.93. The van der Waals surface area contributed by atoms with Gasteiger partial charge in [0.05, 0.1) is 0 Å². The lowest BCUT2D eigenvalue weighted by Gasteiger charge is -2.16. The monoisotopic (exact) mass is 151 g/mol. The van der Waals surface area contributed by atoms with Crippen LogP contribution in [0.4, 0.5) is 0 Å². The molecule has 0 spiro atoms. The maximum absolute atomic E-state index is 9.01. The zero-order valence-electron chi connectivity index (χ0n) is 5.72. The molecule has 9 heavy (non-hydrogen) atoms. The summed E-state index contributed by atoms with van der Waals surface area (Å²) in [6, 6.07) is 0. The largest absolute Gasteiger partial charge is 0.500 e. The Morgan fingerprint density at radius 1 is 1.67 bits per heavy atom. The van der Waals surface area contributed by atoms with Gasteiger partial charge in [-0.1, -0.05) is 6.92 Å². The topological polar surface area (TPSA) is 75.5 Å². The number of aliphatic hydroxyl groups excluding tert-OH is 1. The van der Waals surface area contributed by atoms with Gasteiger partial charge in [0.25, 0.3) is 0 Å². The molecule has 0 aliphatic carbocycles. The molecular weight excluding hydrogens is 138 g/mol. The van der Waals surface area contributed by atoms with E-state index < -0.39 is 5.60 Å². The van der Waals surface area contributed by atoms with Crippen molar-refractivity contribution in [1.82, 2.24) is 6.15 Å². The van der Waals surface area contributed by atoms with E-state index >= 15 is 0 Å². The summed E-state index contributed by atoms with van der Waals surface area (Å²) in [5.41, 5.74) is -1.17. The summed E-state index contributed by atoms with van der Waals surface area (Å²) in [6.07, 6.45) is 0.447. The van der Waals surface area contributed by atoms with E-state index in [9.17, 15) is 0 Å². The van der Waals surface area contributed by atoms with Gasteiger partial charge in [0.15, 0.2) is 5.05 Å². The summed E-state index contributed by atoms with van der Waals surface area (Å²) in [5, 5.41) is 17.2.